The summed E-state index contributed by atoms with van der Waals surface area (Å²) in [5.41, 5.74) is 0.828. The van der Waals surface area contributed by atoms with Gasteiger partial charge in [0.05, 0.1) is 10.6 Å². The molecule has 3 rings (SSSR count). The van der Waals surface area contributed by atoms with E-state index in [1.807, 2.05) is 12.1 Å². The first-order valence-corrected chi connectivity index (χ1v) is 8.23. The van der Waals surface area contributed by atoms with Gasteiger partial charge in [-0.15, -0.1) is 12.4 Å². The van der Waals surface area contributed by atoms with Crippen LogP contribution in [-0.4, -0.2) is 25.1 Å². The average molecular weight is 385 g/mol. The highest BCUT2D eigenvalue weighted by molar-refractivity contribution is 6.34. The van der Waals surface area contributed by atoms with Crippen LogP contribution in [0.4, 0.5) is 10.1 Å². The molecular weight excluding hydrogens is 366 g/mol. The zero-order valence-electron chi connectivity index (χ0n) is 13.4. The number of rotatable bonds is 4. The highest BCUT2D eigenvalue weighted by Crippen LogP contribution is 2.23. The number of carbonyl (C=O) groups is 1. The van der Waals surface area contributed by atoms with Crippen LogP contribution < -0.4 is 15.4 Å². The van der Waals surface area contributed by atoms with E-state index in [9.17, 15) is 9.18 Å². The van der Waals surface area contributed by atoms with Crippen molar-refractivity contribution in [3.63, 3.8) is 0 Å². The maximum atomic E-state index is 13.1. The number of benzene rings is 2. The van der Waals surface area contributed by atoms with Crippen LogP contribution in [0.5, 0.6) is 5.75 Å². The third-order valence-electron chi connectivity index (χ3n) is 3.86. The van der Waals surface area contributed by atoms with Gasteiger partial charge in [0.25, 0.3) is 5.91 Å². The van der Waals surface area contributed by atoms with Gasteiger partial charge in [-0.3, -0.25) is 4.79 Å². The standard InChI is InChI=1S/C18H18ClFN2O2.ClH/c19-17-10-12(20)4-5-16(17)18(23)22-13-2-1-3-15(11-13)24-14-6-8-21-9-7-14;/h1-5,10-11,14,21H,6-9H2,(H,22,23);1H. The fourth-order valence-electron chi connectivity index (χ4n) is 2.62. The monoisotopic (exact) mass is 384 g/mol. The fourth-order valence-corrected chi connectivity index (χ4v) is 2.88. The predicted octanol–water partition coefficient (Wildman–Crippen LogP) is 4.28. The van der Waals surface area contributed by atoms with Crippen molar-refractivity contribution in [2.75, 3.05) is 18.4 Å². The Morgan fingerprint density at radius 2 is 1.96 bits per heavy atom. The summed E-state index contributed by atoms with van der Waals surface area (Å²) in [5.74, 6) is -0.155. The summed E-state index contributed by atoms with van der Waals surface area (Å²) in [7, 11) is 0. The van der Waals surface area contributed by atoms with E-state index in [2.05, 4.69) is 10.6 Å². The molecule has 2 aromatic carbocycles. The van der Waals surface area contributed by atoms with Gasteiger partial charge in [-0.2, -0.15) is 0 Å². The molecule has 2 aromatic rings. The second kappa shape index (κ2) is 9.04. The SMILES string of the molecule is Cl.O=C(Nc1cccc(OC2CCNCC2)c1)c1ccc(F)cc1Cl. The van der Waals surface area contributed by atoms with Crippen molar-refractivity contribution in [1.82, 2.24) is 5.32 Å². The van der Waals surface area contributed by atoms with Crippen LogP contribution in [0.25, 0.3) is 0 Å². The van der Waals surface area contributed by atoms with Crippen molar-refractivity contribution in [2.24, 2.45) is 0 Å². The first kappa shape index (κ1) is 19.5. The summed E-state index contributed by atoms with van der Waals surface area (Å²) in [6, 6.07) is 10.9. The van der Waals surface area contributed by atoms with E-state index in [-0.39, 0.29) is 35.0 Å². The van der Waals surface area contributed by atoms with Gasteiger partial charge in [0.2, 0.25) is 0 Å². The zero-order valence-corrected chi connectivity index (χ0v) is 15.0. The molecule has 0 spiro atoms. The Bertz CT molecular complexity index is 737. The Balaban J connectivity index is 0.00000225. The molecule has 0 bridgehead atoms. The molecular formula is C18H19Cl2FN2O2. The Labute approximate surface area is 157 Å². The van der Waals surface area contributed by atoms with Gasteiger partial charge in [-0.25, -0.2) is 4.39 Å². The second-order valence-electron chi connectivity index (χ2n) is 5.67. The maximum absolute atomic E-state index is 13.1. The van der Waals surface area contributed by atoms with E-state index in [1.54, 1.807) is 12.1 Å². The quantitative estimate of drug-likeness (QED) is 0.826. The van der Waals surface area contributed by atoms with Crippen LogP contribution in [0.15, 0.2) is 42.5 Å². The Morgan fingerprint density at radius 1 is 1.20 bits per heavy atom. The predicted molar refractivity (Wildman–Crippen MR) is 99.6 cm³/mol. The van der Waals surface area contributed by atoms with Gasteiger partial charge in [-0.05, 0) is 56.3 Å². The van der Waals surface area contributed by atoms with E-state index in [0.717, 1.165) is 32.0 Å². The molecule has 25 heavy (non-hydrogen) atoms. The van der Waals surface area contributed by atoms with Crippen molar-refractivity contribution in [3.05, 3.63) is 58.9 Å². The lowest BCUT2D eigenvalue weighted by Crippen LogP contribution is -2.34. The number of anilines is 1. The minimum absolute atomic E-state index is 0. The largest absolute Gasteiger partial charge is 0.490 e. The lowest BCUT2D eigenvalue weighted by atomic mass is 10.1. The fraction of sp³-hybridized carbons (Fsp3) is 0.278. The molecule has 134 valence electrons. The molecule has 0 aliphatic carbocycles. The Kier molecular flexibility index (Phi) is 7.05. The summed E-state index contributed by atoms with van der Waals surface area (Å²) in [6.07, 6.45) is 2.10. The first-order valence-electron chi connectivity index (χ1n) is 7.85. The number of carbonyl (C=O) groups excluding carboxylic acids is 1. The molecule has 1 heterocycles. The highest BCUT2D eigenvalue weighted by Gasteiger charge is 2.15. The number of nitrogens with one attached hydrogen (secondary N) is 2. The van der Waals surface area contributed by atoms with Crippen molar-refractivity contribution < 1.29 is 13.9 Å². The van der Waals surface area contributed by atoms with Crippen LogP contribution in [0.1, 0.15) is 23.2 Å². The normalized spacial score (nSPS) is 14.5. The second-order valence-corrected chi connectivity index (χ2v) is 6.08. The molecule has 0 saturated carbocycles. The van der Waals surface area contributed by atoms with Gasteiger partial charge in [0, 0.05) is 11.8 Å². The molecule has 0 atom stereocenters. The van der Waals surface area contributed by atoms with Crippen molar-refractivity contribution in [3.8, 4) is 5.75 Å². The van der Waals surface area contributed by atoms with Crippen LogP contribution in [0.2, 0.25) is 5.02 Å². The molecule has 1 aliphatic rings. The molecule has 1 fully saturated rings. The zero-order chi connectivity index (χ0) is 16.9. The molecule has 0 unspecified atom stereocenters. The Hall–Kier alpha value is -1.82. The summed E-state index contributed by atoms with van der Waals surface area (Å²) >= 11 is 5.92. The van der Waals surface area contributed by atoms with E-state index < -0.39 is 5.82 Å². The number of ether oxygens (including phenoxy) is 1. The molecule has 7 heteroatoms. The summed E-state index contributed by atoms with van der Waals surface area (Å²) in [6.45, 7) is 1.90. The lowest BCUT2D eigenvalue weighted by molar-refractivity contribution is 0.102. The van der Waals surface area contributed by atoms with Crippen LogP contribution in [0.3, 0.4) is 0 Å². The van der Waals surface area contributed by atoms with Gasteiger partial charge < -0.3 is 15.4 Å². The molecule has 0 radical (unpaired) electrons. The van der Waals surface area contributed by atoms with E-state index >= 15 is 0 Å². The van der Waals surface area contributed by atoms with E-state index in [4.69, 9.17) is 16.3 Å². The average Bonchev–Trinajstić information content (AvgIpc) is 2.56. The maximum Gasteiger partial charge on any atom is 0.257 e. The molecule has 2 N–H and O–H groups in total. The van der Waals surface area contributed by atoms with E-state index in [0.29, 0.717) is 11.4 Å². The van der Waals surface area contributed by atoms with Crippen molar-refractivity contribution in [2.45, 2.75) is 18.9 Å². The minimum Gasteiger partial charge on any atom is -0.490 e. The molecule has 0 aromatic heterocycles. The Morgan fingerprint density at radius 3 is 2.68 bits per heavy atom. The van der Waals surface area contributed by atoms with Crippen LogP contribution in [0, 0.1) is 5.82 Å². The first-order chi connectivity index (χ1) is 11.6. The molecule has 1 aliphatic heterocycles. The van der Waals surface area contributed by atoms with Gasteiger partial charge in [-0.1, -0.05) is 17.7 Å². The number of amides is 1. The van der Waals surface area contributed by atoms with E-state index in [1.165, 1.54) is 12.1 Å². The minimum atomic E-state index is -0.478. The third kappa shape index (κ3) is 5.33. The van der Waals surface area contributed by atoms with Gasteiger partial charge in [0.1, 0.15) is 17.7 Å². The number of hydrogen-bond acceptors (Lipinski definition) is 3. The third-order valence-corrected chi connectivity index (χ3v) is 4.17. The van der Waals surface area contributed by atoms with Crippen molar-refractivity contribution >= 4 is 35.6 Å². The van der Waals surface area contributed by atoms with Crippen LogP contribution in [-0.2, 0) is 0 Å². The molecule has 1 amide bonds. The lowest BCUT2D eigenvalue weighted by Gasteiger charge is -2.24. The van der Waals surface area contributed by atoms with Gasteiger partial charge >= 0.3 is 0 Å². The van der Waals surface area contributed by atoms with Gasteiger partial charge in [0.15, 0.2) is 0 Å². The summed E-state index contributed by atoms with van der Waals surface area (Å²) in [4.78, 5) is 12.3. The topological polar surface area (TPSA) is 50.4 Å². The van der Waals surface area contributed by atoms with Crippen molar-refractivity contribution in [1.29, 1.82) is 0 Å². The number of piperidine rings is 1. The number of hydrogen-bond donors (Lipinski definition) is 2. The van der Waals surface area contributed by atoms with Crippen LogP contribution >= 0.6 is 24.0 Å². The highest BCUT2D eigenvalue weighted by atomic mass is 35.5. The summed E-state index contributed by atoms with van der Waals surface area (Å²) in [5, 5.41) is 6.13. The smallest absolute Gasteiger partial charge is 0.257 e. The number of halogens is 3. The molecule has 1 saturated heterocycles. The summed E-state index contributed by atoms with van der Waals surface area (Å²) < 4.78 is 19.0. The molecule has 4 nitrogen and oxygen atoms in total.